The summed E-state index contributed by atoms with van der Waals surface area (Å²) in [6, 6.07) is 0. The molecule has 0 aromatic rings. The van der Waals surface area contributed by atoms with Crippen LogP contribution in [0.5, 0.6) is 0 Å². The number of nitrogens with zero attached hydrogens (tertiary/aromatic N) is 3. The Morgan fingerprint density at radius 1 is 1.60 bits per heavy atom. The van der Waals surface area contributed by atoms with Gasteiger partial charge in [0.1, 0.15) is 0 Å². The first kappa shape index (κ1) is 5.97. The molecule has 54 valence electrons. The summed E-state index contributed by atoms with van der Waals surface area (Å²) in [5.41, 5.74) is 5.59. The lowest BCUT2D eigenvalue weighted by atomic mass is 10.4. The molecular formula is C6H10N4. The molecule has 2 aliphatic rings. The molecule has 1 heterocycles. The molecule has 0 spiro atoms. The fraction of sp³-hybridized carbons (Fsp3) is 0.833. The van der Waals surface area contributed by atoms with Crippen molar-refractivity contribution in [2.24, 2.45) is 26.9 Å². The second kappa shape index (κ2) is 1.63. The summed E-state index contributed by atoms with van der Waals surface area (Å²) in [4.78, 5) is 4.14. The van der Waals surface area contributed by atoms with Gasteiger partial charge in [-0.05, 0) is 19.8 Å². The maximum absolute atomic E-state index is 5.59. The third-order valence-corrected chi connectivity index (χ3v) is 1.64. The standard InChI is InChI=1S/C6H10N4/c1-6(7)8-5(9-10-6)4-2-3-4/h4H,2-3,7H2,1H3. The Morgan fingerprint density at radius 3 is 2.70 bits per heavy atom. The van der Waals surface area contributed by atoms with E-state index in [0.717, 1.165) is 5.84 Å². The van der Waals surface area contributed by atoms with Crippen molar-refractivity contribution in [2.75, 3.05) is 0 Å². The maximum Gasteiger partial charge on any atom is 0.220 e. The van der Waals surface area contributed by atoms with Crippen molar-refractivity contribution in [1.29, 1.82) is 0 Å². The van der Waals surface area contributed by atoms with E-state index in [2.05, 4.69) is 15.2 Å². The zero-order chi connectivity index (χ0) is 7.19. The van der Waals surface area contributed by atoms with E-state index in [0.29, 0.717) is 5.92 Å². The van der Waals surface area contributed by atoms with Crippen molar-refractivity contribution in [1.82, 2.24) is 0 Å². The van der Waals surface area contributed by atoms with Gasteiger partial charge in [-0.25, -0.2) is 4.99 Å². The third-order valence-electron chi connectivity index (χ3n) is 1.64. The van der Waals surface area contributed by atoms with Gasteiger partial charge in [0, 0.05) is 5.92 Å². The Hall–Kier alpha value is -0.770. The molecule has 0 saturated heterocycles. The lowest BCUT2D eigenvalue weighted by Gasteiger charge is -2.04. The van der Waals surface area contributed by atoms with Crippen LogP contribution in [0.2, 0.25) is 0 Å². The summed E-state index contributed by atoms with van der Waals surface area (Å²) >= 11 is 0. The first-order valence-corrected chi connectivity index (χ1v) is 3.49. The predicted molar refractivity (Wildman–Crippen MR) is 37.6 cm³/mol. The highest BCUT2D eigenvalue weighted by atomic mass is 15.4. The van der Waals surface area contributed by atoms with Crippen LogP contribution in [0.15, 0.2) is 15.2 Å². The second-order valence-electron chi connectivity index (χ2n) is 3.04. The molecular weight excluding hydrogens is 128 g/mol. The molecule has 1 unspecified atom stereocenters. The van der Waals surface area contributed by atoms with E-state index in [-0.39, 0.29) is 0 Å². The first-order valence-electron chi connectivity index (χ1n) is 3.49. The monoisotopic (exact) mass is 138 g/mol. The van der Waals surface area contributed by atoms with E-state index in [9.17, 15) is 0 Å². The summed E-state index contributed by atoms with van der Waals surface area (Å²) in [7, 11) is 0. The van der Waals surface area contributed by atoms with Gasteiger partial charge in [-0.3, -0.25) is 5.73 Å². The Kier molecular flexibility index (Phi) is 0.976. The molecule has 0 bridgehead atoms. The van der Waals surface area contributed by atoms with E-state index in [4.69, 9.17) is 5.73 Å². The minimum Gasteiger partial charge on any atom is -0.287 e. The van der Waals surface area contributed by atoms with Crippen LogP contribution in [-0.2, 0) is 0 Å². The molecule has 0 aromatic heterocycles. The van der Waals surface area contributed by atoms with E-state index in [1.807, 2.05) is 0 Å². The normalized spacial score (nSPS) is 38.4. The average molecular weight is 138 g/mol. The molecule has 1 aliphatic carbocycles. The molecule has 1 saturated carbocycles. The van der Waals surface area contributed by atoms with Crippen LogP contribution >= 0.6 is 0 Å². The molecule has 4 nitrogen and oxygen atoms in total. The molecule has 2 N–H and O–H groups in total. The molecule has 10 heavy (non-hydrogen) atoms. The number of nitrogens with two attached hydrogens (primary N) is 1. The average Bonchev–Trinajstić information content (AvgIpc) is 2.59. The number of hydrogen-bond acceptors (Lipinski definition) is 4. The van der Waals surface area contributed by atoms with Crippen molar-refractivity contribution in [3.63, 3.8) is 0 Å². The number of amidine groups is 1. The largest absolute Gasteiger partial charge is 0.287 e. The van der Waals surface area contributed by atoms with E-state index in [1.165, 1.54) is 12.8 Å². The lowest BCUT2D eigenvalue weighted by molar-refractivity contribution is 0.519. The fourth-order valence-corrected chi connectivity index (χ4v) is 0.944. The third kappa shape index (κ3) is 0.945. The number of aliphatic imine (C=N–C) groups is 1. The number of rotatable bonds is 1. The minimum atomic E-state index is -0.766. The highest BCUT2D eigenvalue weighted by Gasteiger charge is 2.33. The molecule has 0 radical (unpaired) electrons. The van der Waals surface area contributed by atoms with Crippen molar-refractivity contribution in [3.8, 4) is 0 Å². The first-order chi connectivity index (χ1) is 4.67. The van der Waals surface area contributed by atoms with Crippen LogP contribution in [0, 0.1) is 5.92 Å². The summed E-state index contributed by atoms with van der Waals surface area (Å²) in [6.07, 6.45) is 2.40. The molecule has 4 heteroatoms. The van der Waals surface area contributed by atoms with Crippen LogP contribution in [-0.4, -0.2) is 11.6 Å². The van der Waals surface area contributed by atoms with Crippen LogP contribution in [0.25, 0.3) is 0 Å². The van der Waals surface area contributed by atoms with Gasteiger partial charge >= 0.3 is 0 Å². The molecule has 1 atom stereocenters. The van der Waals surface area contributed by atoms with Gasteiger partial charge in [0.25, 0.3) is 0 Å². The molecule has 0 aromatic carbocycles. The zero-order valence-corrected chi connectivity index (χ0v) is 5.91. The van der Waals surface area contributed by atoms with E-state index < -0.39 is 5.79 Å². The van der Waals surface area contributed by atoms with Crippen LogP contribution in [0.3, 0.4) is 0 Å². The molecule has 0 amide bonds. The van der Waals surface area contributed by atoms with Gasteiger partial charge in [-0.2, -0.15) is 0 Å². The van der Waals surface area contributed by atoms with Crippen LogP contribution < -0.4 is 5.73 Å². The summed E-state index contributed by atoms with van der Waals surface area (Å²) in [5.74, 6) is 0.650. The van der Waals surface area contributed by atoms with Gasteiger partial charge in [0.05, 0.1) is 0 Å². The minimum absolute atomic E-state index is 0.564. The highest BCUT2D eigenvalue weighted by Crippen LogP contribution is 2.34. The smallest absolute Gasteiger partial charge is 0.220 e. The summed E-state index contributed by atoms with van der Waals surface area (Å²) in [6.45, 7) is 1.76. The van der Waals surface area contributed by atoms with Gasteiger partial charge in [-0.15, -0.1) is 10.2 Å². The van der Waals surface area contributed by atoms with E-state index >= 15 is 0 Å². The van der Waals surface area contributed by atoms with Gasteiger partial charge in [0.15, 0.2) is 5.84 Å². The predicted octanol–water partition coefficient (Wildman–Crippen LogP) is 0.893. The molecule has 1 fully saturated rings. The maximum atomic E-state index is 5.59. The Bertz CT molecular complexity index is 212. The lowest BCUT2D eigenvalue weighted by Crippen LogP contribution is -2.28. The van der Waals surface area contributed by atoms with Crippen molar-refractivity contribution >= 4 is 5.84 Å². The second-order valence-corrected chi connectivity index (χ2v) is 3.04. The van der Waals surface area contributed by atoms with Crippen molar-refractivity contribution < 1.29 is 0 Å². The fourth-order valence-electron chi connectivity index (χ4n) is 0.944. The van der Waals surface area contributed by atoms with Crippen LogP contribution in [0.4, 0.5) is 0 Å². The Labute approximate surface area is 59.2 Å². The van der Waals surface area contributed by atoms with Crippen molar-refractivity contribution in [3.05, 3.63) is 0 Å². The van der Waals surface area contributed by atoms with Gasteiger partial charge < -0.3 is 0 Å². The quantitative estimate of drug-likeness (QED) is 0.574. The van der Waals surface area contributed by atoms with Crippen molar-refractivity contribution in [2.45, 2.75) is 25.6 Å². The molecule has 1 aliphatic heterocycles. The van der Waals surface area contributed by atoms with Crippen LogP contribution in [0.1, 0.15) is 19.8 Å². The SMILES string of the molecule is CC1(N)N=NC(C2CC2)=N1. The number of hydrogen-bond donors (Lipinski definition) is 1. The Balaban J connectivity index is 2.19. The summed E-state index contributed by atoms with van der Waals surface area (Å²) in [5, 5.41) is 7.71. The highest BCUT2D eigenvalue weighted by molar-refractivity contribution is 5.88. The zero-order valence-electron chi connectivity index (χ0n) is 5.91. The summed E-state index contributed by atoms with van der Waals surface area (Å²) < 4.78 is 0. The van der Waals surface area contributed by atoms with E-state index in [1.54, 1.807) is 6.92 Å². The Morgan fingerprint density at radius 2 is 2.30 bits per heavy atom. The topological polar surface area (TPSA) is 63.1 Å². The van der Waals surface area contributed by atoms with Gasteiger partial charge in [0.2, 0.25) is 5.79 Å². The number of azo groups is 1. The molecule has 2 rings (SSSR count). The van der Waals surface area contributed by atoms with Gasteiger partial charge in [-0.1, -0.05) is 0 Å².